The predicted octanol–water partition coefficient (Wildman–Crippen LogP) is 0.189. The minimum absolute atomic E-state index is 0.104. The molecule has 12 nitrogen and oxygen atoms in total. The van der Waals surface area contributed by atoms with E-state index in [-0.39, 0.29) is 12.8 Å². The molecule has 0 radical (unpaired) electrons. The maximum absolute atomic E-state index is 12.7. The van der Waals surface area contributed by atoms with E-state index in [4.69, 9.17) is 23.7 Å². The van der Waals surface area contributed by atoms with Gasteiger partial charge in [0.05, 0.1) is 53.8 Å². The molecule has 9 atom stereocenters. The Morgan fingerprint density at radius 1 is 0.600 bits per heavy atom. The normalized spacial score (nSPS) is 33.5. The molecule has 0 spiro atoms. The zero-order valence-corrected chi connectivity index (χ0v) is 20.2. The molecule has 3 fully saturated rings. The van der Waals surface area contributed by atoms with Crippen LogP contribution in [0.5, 0.6) is 0 Å². The second-order valence-corrected chi connectivity index (χ2v) is 9.00. The van der Waals surface area contributed by atoms with Crippen molar-refractivity contribution in [2.45, 2.75) is 51.4 Å². The van der Waals surface area contributed by atoms with E-state index in [1.54, 1.807) is 6.92 Å². The van der Waals surface area contributed by atoms with Gasteiger partial charge in [0.15, 0.2) is 0 Å². The van der Waals surface area contributed by atoms with Crippen LogP contribution in [-0.4, -0.2) is 75.5 Å². The topological polar surface area (TPSA) is 158 Å². The average molecular weight is 498 g/mol. The highest BCUT2D eigenvalue weighted by Crippen LogP contribution is 2.41. The predicted molar refractivity (Wildman–Crippen MR) is 112 cm³/mol. The lowest BCUT2D eigenvalue weighted by molar-refractivity contribution is -0.157. The molecular weight excluding hydrogens is 468 g/mol. The first-order valence-electron chi connectivity index (χ1n) is 11.4. The first-order valence-corrected chi connectivity index (χ1v) is 11.4. The first kappa shape index (κ1) is 26.9. The zero-order chi connectivity index (χ0) is 26.0. The Morgan fingerprint density at radius 3 is 1.34 bits per heavy atom. The van der Waals surface area contributed by atoms with E-state index >= 15 is 0 Å². The molecule has 0 aromatic heterocycles. The molecule has 194 valence electrons. The van der Waals surface area contributed by atoms with E-state index in [0.29, 0.717) is 6.42 Å². The molecule has 0 bridgehead atoms. The fourth-order valence-electron chi connectivity index (χ4n) is 5.35. The summed E-state index contributed by atoms with van der Waals surface area (Å²) in [4.78, 5) is 74.2. The Bertz CT molecular complexity index is 893. The fourth-order valence-corrected chi connectivity index (χ4v) is 5.35. The van der Waals surface area contributed by atoms with Crippen molar-refractivity contribution in [3.8, 4) is 0 Å². The summed E-state index contributed by atoms with van der Waals surface area (Å²) in [5.41, 5.74) is 0. The monoisotopic (exact) mass is 498 g/mol. The third-order valence-electron chi connectivity index (χ3n) is 7.29. The van der Waals surface area contributed by atoms with Crippen molar-refractivity contribution >= 4 is 35.8 Å². The van der Waals surface area contributed by atoms with Gasteiger partial charge in [-0.2, -0.15) is 0 Å². The molecule has 12 heteroatoms. The van der Waals surface area contributed by atoms with E-state index in [0.717, 1.165) is 0 Å². The molecule has 0 saturated carbocycles. The Morgan fingerprint density at radius 2 is 0.971 bits per heavy atom. The molecular formula is C23H30O12. The van der Waals surface area contributed by atoms with Crippen molar-refractivity contribution in [3.05, 3.63) is 0 Å². The van der Waals surface area contributed by atoms with Crippen molar-refractivity contribution in [2.24, 2.45) is 35.5 Å². The minimum Gasteiger partial charge on any atom is -0.393 e. The lowest BCUT2D eigenvalue weighted by Crippen LogP contribution is -2.41. The highest BCUT2D eigenvalue weighted by atomic mass is 16.6. The molecule has 0 amide bonds. The number of hydrogen-bond donors (Lipinski definition) is 0. The summed E-state index contributed by atoms with van der Waals surface area (Å²) < 4.78 is 30.7. The van der Waals surface area contributed by atoms with Gasteiger partial charge in [0.2, 0.25) is 0 Å². The highest BCUT2D eigenvalue weighted by molar-refractivity contribution is 5.99. The Hall–Kier alpha value is -2.70. The lowest BCUT2D eigenvalue weighted by Gasteiger charge is -2.29. The number of rotatable bonds is 11. The van der Waals surface area contributed by atoms with E-state index in [9.17, 15) is 28.8 Å². The van der Waals surface area contributed by atoms with Crippen LogP contribution in [0.25, 0.3) is 0 Å². The molecule has 3 aliphatic heterocycles. The smallest absolute Gasteiger partial charge is 0.320 e. The van der Waals surface area contributed by atoms with Gasteiger partial charge >= 0.3 is 35.8 Å². The second kappa shape index (κ2) is 10.9. The van der Waals surface area contributed by atoms with Crippen LogP contribution >= 0.6 is 0 Å². The van der Waals surface area contributed by atoms with Gasteiger partial charge in [0.25, 0.3) is 0 Å². The van der Waals surface area contributed by atoms with Gasteiger partial charge in [-0.15, -0.1) is 0 Å². The highest BCUT2D eigenvalue weighted by Gasteiger charge is 2.56. The summed E-state index contributed by atoms with van der Waals surface area (Å²) in [5, 5.41) is 0. The van der Waals surface area contributed by atoms with Crippen molar-refractivity contribution in [3.63, 3.8) is 0 Å². The van der Waals surface area contributed by atoms with Gasteiger partial charge in [0, 0.05) is 21.3 Å². The van der Waals surface area contributed by atoms with Gasteiger partial charge in [-0.25, -0.2) is 0 Å². The van der Waals surface area contributed by atoms with Crippen LogP contribution in [0.2, 0.25) is 0 Å². The molecule has 3 heterocycles. The molecule has 35 heavy (non-hydrogen) atoms. The largest absolute Gasteiger partial charge is 0.393 e. The molecule has 0 aromatic rings. The Kier molecular flexibility index (Phi) is 8.39. The van der Waals surface area contributed by atoms with E-state index in [1.165, 1.54) is 28.3 Å². The summed E-state index contributed by atoms with van der Waals surface area (Å²) >= 11 is 0. The van der Waals surface area contributed by atoms with Crippen molar-refractivity contribution in [1.82, 2.24) is 0 Å². The standard InChI is InChI=1S/C23H30O12/c1-6-12(30-3)16-10(19(25)34-22(16)28)8-14(32-5)17-11(20(26)35-23(17)29)7-13(31-4)15-9(2)18(24)33-21(15)27/h9-17H,6-8H2,1-5H3/t9-,10-,11-,12+,13+,14+,15+,16-,17-/m1/s1. The fraction of sp³-hybridized carbons (Fsp3) is 0.739. The van der Waals surface area contributed by atoms with Crippen molar-refractivity contribution in [2.75, 3.05) is 21.3 Å². The number of carbonyl (C=O) groups is 6. The van der Waals surface area contributed by atoms with Gasteiger partial charge in [-0.05, 0) is 19.3 Å². The van der Waals surface area contributed by atoms with E-state index in [1.807, 2.05) is 0 Å². The van der Waals surface area contributed by atoms with Crippen LogP contribution < -0.4 is 0 Å². The quantitative estimate of drug-likeness (QED) is 0.217. The van der Waals surface area contributed by atoms with Crippen LogP contribution in [0.15, 0.2) is 0 Å². The number of cyclic esters (lactones) is 6. The van der Waals surface area contributed by atoms with Crippen LogP contribution in [0.4, 0.5) is 0 Å². The van der Waals surface area contributed by atoms with E-state index in [2.05, 4.69) is 4.74 Å². The SMILES string of the molecule is CC[C@H](OC)[C@@H]1C(=O)OC(=O)[C@@H]1C[C@H](OC)[C@@H]1C(=O)OC(=O)[C@@H]1C[C@H](OC)[C@H]1C(=O)OC(=O)[C@@H]1C. The maximum atomic E-state index is 12.7. The van der Waals surface area contributed by atoms with Gasteiger partial charge in [-0.1, -0.05) is 13.8 Å². The number of methoxy groups -OCH3 is 3. The van der Waals surface area contributed by atoms with Crippen LogP contribution in [0.3, 0.4) is 0 Å². The molecule has 0 aromatic carbocycles. The lowest BCUT2D eigenvalue weighted by atomic mass is 9.76. The number of hydrogen-bond acceptors (Lipinski definition) is 12. The zero-order valence-electron chi connectivity index (χ0n) is 20.2. The van der Waals surface area contributed by atoms with Crippen LogP contribution in [-0.2, 0) is 57.2 Å². The maximum Gasteiger partial charge on any atom is 0.320 e. The van der Waals surface area contributed by atoms with Gasteiger partial charge in [-0.3, -0.25) is 28.8 Å². The third-order valence-corrected chi connectivity index (χ3v) is 7.29. The number of esters is 6. The summed E-state index contributed by atoms with van der Waals surface area (Å²) in [6.45, 7) is 3.31. The summed E-state index contributed by atoms with van der Waals surface area (Å²) in [6, 6.07) is 0. The van der Waals surface area contributed by atoms with Gasteiger partial charge in [0.1, 0.15) is 0 Å². The third kappa shape index (κ3) is 5.00. The summed E-state index contributed by atoms with van der Waals surface area (Å²) in [5.74, 6) is -10.5. The molecule has 3 aliphatic rings. The summed E-state index contributed by atoms with van der Waals surface area (Å²) in [7, 11) is 4.05. The number of ether oxygens (including phenoxy) is 6. The second-order valence-electron chi connectivity index (χ2n) is 9.00. The van der Waals surface area contributed by atoms with Crippen molar-refractivity contribution < 1.29 is 57.2 Å². The van der Waals surface area contributed by atoms with Crippen LogP contribution in [0, 0.1) is 35.5 Å². The van der Waals surface area contributed by atoms with Crippen LogP contribution in [0.1, 0.15) is 33.1 Å². The molecule has 3 rings (SSSR count). The minimum atomic E-state index is -1.14. The molecule has 3 saturated heterocycles. The number of carbonyl (C=O) groups excluding carboxylic acids is 6. The van der Waals surface area contributed by atoms with E-state index < -0.39 is 89.6 Å². The Labute approximate surface area is 201 Å². The molecule has 0 N–H and O–H groups in total. The first-order chi connectivity index (χ1) is 16.6. The van der Waals surface area contributed by atoms with Gasteiger partial charge < -0.3 is 28.4 Å². The molecule has 0 unspecified atom stereocenters. The average Bonchev–Trinajstić information content (AvgIpc) is 3.35. The Balaban J connectivity index is 1.84. The van der Waals surface area contributed by atoms with Crippen molar-refractivity contribution in [1.29, 1.82) is 0 Å². The summed E-state index contributed by atoms with van der Waals surface area (Å²) in [6.07, 6.45) is -2.30. The molecule has 0 aliphatic carbocycles.